The van der Waals surface area contributed by atoms with Gasteiger partial charge in [0.25, 0.3) is 0 Å². The summed E-state index contributed by atoms with van der Waals surface area (Å²) in [4.78, 5) is 124. The summed E-state index contributed by atoms with van der Waals surface area (Å²) in [5.74, 6) is -2.83. The monoisotopic (exact) mass is 1290 g/mol. The molecule has 5 aromatic carbocycles. The fraction of sp³-hybridized carbons (Fsp3) is 0.486. The summed E-state index contributed by atoms with van der Waals surface area (Å²) in [5.41, 5.74) is -9.64. The summed E-state index contributed by atoms with van der Waals surface area (Å²) in [5, 5.41) is 0. The molecule has 20 nitrogen and oxygen atoms in total. The zero-order chi connectivity index (χ0) is 68.7. The van der Waals surface area contributed by atoms with E-state index in [2.05, 4.69) is 0 Å². The fourth-order valence-corrected chi connectivity index (χ4v) is 15.7. The molecule has 4 saturated heterocycles. The van der Waals surface area contributed by atoms with Gasteiger partial charge in [-0.1, -0.05) is 72.8 Å². The van der Waals surface area contributed by atoms with Gasteiger partial charge in [0, 0.05) is 95.7 Å². The Labute approximate surface area is 551 Å². The number of hydrogen-bond acceptors (Lipinski definition) is 16. The number of likely N-dealkylation sites (tertiary alicyclic amines) is 4. The van der Waals surface area contributed by atoms with Gasteiger partial charge >= 0.3 is 48.3 Å². The van der Waals surface area contributed by atoms with E-state index in [1.807, 2.05) is 111 Å². The second-order valence-corrected chi connectivity index (χ2v) is 30.3. The topological polar surface area (TPSA) is 223 Å². The van der Waals surface area contributed by atoms with Crippen molar-refractivity contribution in [2.24, 2.45) is 0 Å². The minimum Gasteiger partial charge on any atom is -0.459 e. The third-order valence-corrected chi connectivity index (χ3v) is 18.3. The standard InChI is InChI=1S/C74H90N4O16/c1-67(2)39-51(40-68(3,4)75(67)63(83)91-47-29-21-17-22-30-47)87-59(79)55-37-57(61(81)89-53-43-71(9,10)77(72(11,12)44-53)65(85)93-49-33-25-19-26-34-49)58(62(82)90-54-45-73(13,14)78(74(15,16)46-54)66(86)94-50-35-27-20-28-36-50)38-56(55)60(80)88-52-41-69(5,6)76(70(7,8)42-52)64(84)92-48-31-23-18-24-32-48/h17-38,51-54H,39-46H2,1-16H3. The molecule has 20 heteroatoms. The quantitative estimate of drug-likeness (QED) is 0.0836. The molecule has 5 aromatic rings. The van der Waals surface area contributed by atoms with Crippen LogP contribution in [-0.4, -0.2) is 137 Å². The molecule has 4 amide bonds. The highest BCUT2D eigenvalue weighted by atomic mass is 16.6. The first kappa shape index (κ1) is 69.4. The van der Waals surface area contributed by atoms with Gasteiger partial charge in [-0.3, -0.25) is 19.6 Å². The normalized spacial score (nSPS) is 20.3. The van der Waals surface area contributed by atoms with Gasteiger partial charge in [-0.05, 0) is 171 Å². The predicted octanol–water partition coefficient (Wildman–Crippen LogP) is 15.2. The summed E-state index contributed by atoms with van der Waals surface area (Å²) >= 11 is 0. The summed E-state index contributed by atoms with van der Waals surface area (Å²) in [7, 11) is 0. The van der Waals surface area contributed by atoms with Gasteiger partial charge in [-0.15, -0.1) is 0 Å². The molecule has 4 fully saturated rings. The predicted molar refractivity (Wildman–Crippen MR) is 350 cm³/mol. The first-order valence-corrected chi connectivity index (χ1v) is 32.1. The van der Waals surface area contributed by atoms with Gasteiger partial charge in [0.15, 0.2) is 0 Å². The van der Waals surface area contributed by atoms with Gasteiger partial charge in [-0.2, -0.15) is 0 Å². The molecule has 0 aliphatic carbocycles. The van der Waals surface area contributed by atoms with E-state index in [1.165, 1.54) is 0 Å². The van der Waals surface area contributed by atoms with Crippen LogP contribution in [-0.2, 0) is 18.9 Å². The zero-order valence-corrected chi connectivity index (χ0v) is 57.0. The van der Waals surface area contributed by atoms with Gasteiger partial charge in [0.05, 0.1) is 22.3 Å². The molecule has 0 N–H and O–H groups in total. The first-order chi connectivity index (χ1) is 43.8. The van der Waals surface area contributed by atoms with Crippen molar-refractivity contribution >= 4 is 48.3 Å². The third-order valence-electron chi connectivity index (χ3n) is 18.3. The summed E-state index contributed by atoms with van der Waals surface area (Å²) in [6.45, 7) is 29.3. The maximum atomic E-state index is 15.4. The molecule has 9 rings (SSSR count). The highest BCUT2D eigenvalue weighted by Crippen LogP contribution is 2.46. The van der Waals surface area contributed by atoms with Gasteiger partial charge < -0.3 is 37.9 Å². The van der Waals surface area contributed by atoms with Crippen molar-refractivity contribution < 1.29 is 76.3 Å². The molecule has 4 aliphatic heterocycles. The lowest BCUT2D eigenvalue weighted by Crippen LogP contribution is -2.65. The van der Waals surface area contributed by atoms with Crippen molar-refractivity contribution in [2.45, 2.75) is 231 Å². The third kappa shape index (κ3) is 15.3. The molecular formula is C74H90N4O16. The van der Waals surface area contributed by atoms with Gasteiger partial charge in [-0.25, -0.2) is 38.4 Å². The lowest BCUT2D eigenvalue weighted by atomic mass is 9.78. The van der Waals surface area contributed by atoms with Crippen molar-refractivity contribution in [3.05, 3.63) is 156 Å². The molecule has 0 unspecified atom stereocenters. The van der Waals surface area contributed by atoms with Crippen molar-refractivity contribution in [1.82, 2.24) is 19.6 Å². The number of ether oxygens (including phenoxy) is 8. The van der Waals surface area contributed by atoms with E-state index in [4.69, 9.17) is 37.9 Å². The number of esters is 4. The van der Waals surface area contributed by atoms with Crippen molar-refractivity contribution in [2.75, 3.05) is 0 Å². The maximum absolute atomic E-state index is 15.4. The Balaban J connectivity index is 1.09. The van der Waals surface area contributed by atoms with E-state index >= 15 is 19.2 Å². The summed E-state index contributed by atoms with van der Waals surface area (Å²) in [6.07, 6.45) is -5.14. The summed E-state index contributed by atoms with van der Waals surface area (Å²) < 4.78 is 49.1. The van der Waals surface area contributed by atoms with E-state index in [0.717, 1.165) is 12.1 Å². The molecule has 0 bridgehead atoms. The van der Waals surface area contributed by atoms with Gasteiger partial charge in [0.1, 0.15) is 47.4 Å². The van der Waals surface area contributed by atoms with E-state index in [9.17, 15) is 19.2 Å². The zero-order valence-electron chi connectivity index (χ0n) is 57.0. The number of rotatable bonds is 12. The average Bonchev–Trinajstić information content (AvgIpc) is 0.780. The Morgan fingerprint density at radius 3 is 0.564 bits per heavy atom. The number of benzene rings is 5. The van der Waals surface area contributed by atoms with Crippen LogP contribution in [0.4, 0.5) is 19.2 Å². The number of carbonyl (C=O) groups is 8. The van der Waals surface area contributed by atoms with Crippen molar-refractivity contribution in [3.8, 4) is 23.0 Å². The Bertz CT molecular complexity index is 3110. The van der Waals surface area contributed by atoms with Crippen molar-refractivity contribution in [1.29, 1.82) is 0 Å². The van der Waals surface area contributed by atoms with Crippen molar-refractivity contribution in [3.63, 3.8) is 0 Å². The van der Waals surface area contributed by atoms with E-state index in [1.54, 1.807) is 141 Å². The Hall–Kier alpha value is -8.94. The lowest BCUT2D eigenvalue weighted by molar-refractivity contribution is -0.0725. The molecule has 0 aromatic heterocycles. The minimum atomic E-state index is -1.05. The molecule has 0 atom stereocenters. The first-order valence-electron chi connectivity index (χ1n) is 32.1. The minimum absolute atomic E-state index is 0.110. The highest BCUT2D eigenvalue weighted by molar-refractivity contribution is 6.10. The molecule has 4 heterocycles. The van der Waals surface area contributed by atoms with E-state index in [-0.39, 0.29) is 51.4 Å². The van der Waals surface area contributed by atoms with Gasteiger partial charge in [0.2, 0.25) is 0 Å². The number of hydrogen-bond donors (Lipinski definition) is 0. The molecule has 94 heavy (non-hydrogen) atoms. The molecule has 0 saturated carbocycles. The van der Waals surface area contributed by atoms with Crippen LogP contribution in [0.2, 0.25) is 0 Å². The number of para-hydroxylation sites is 4. The SMILES string of the molecule is CC1(C)CC(OC(=O)c2cc(C(=O)OC3CC(C)(C)N(C(=O)Oc4ccccc4)C(C)(C)C3)c(C(=O)OC3CC(C)(C)N(C(=O)Oc4ccccc4)C(C)(C)C3)cc2C(=O)OC2CC(C)(C)N(C(=O)Oc3ccccc3)C(C)(C)C2)CC(C)(C)N1C(=O)Oc1ccccc1. The second-order valence-electron chi connectivity index (χ2n) is 30.3. The number of piperidine rings is 4. The van der Waals surface area contributed by atoms with Crippen LogP contribution in [0.1, 0.15) is 204 Å². The molecule has 4 aliphatic rings. The number of carbonyl (C=O) groups excluding carboxylic acids is 8. The van der Waals surface area contributed by atoms with Crippen LogP contribution in [0.5, 0.6) is 23.0 Å². The van der Waals surface area contributed by atoms with Crippen LogP contribution in [0, 0.1) is 0 Å². The summed E-state index contributed by atoms with van der Waals surface area (Å²) in [6, 6.07) is 36.8. The Morgan fingerprint density at radius 1 is 0.266 bits per heavy atom. The Kier molecular flexibility index (Phi) is 19.3. The van der Waals surface area contributed by atoms with E-state index < -0.39 is 139 Å². The fourth-order valence-electron chi connectivity index (χ4n) is 15.7. The molecule has 502 valence electrons. The van der Waals surface area contributed by atoms with Crippen LogP contribution in [0.25, 0.3) is 0 Å². The Morgan fingerprint density at radius 2 is 0.415 bits per heavy atom. The average molecular weight is 1290 g/mol. The molecule has 0 spiro atoms. The smallest absolute Gasteiger partial charge is 0.416 e. The van der Waals surface area contributed by atoms with Crippen LogP contribution in [0.3, 0.4) is 0 Å². The molecule has 0 radical (unpaired) electrons. The largest absolute Gasteiger partial charge is 0.459 e. The van der Waals surface area contributed by atoms with Crippen LogP contribution >= 0.6 is 0 Å². The lowest BCUT2D eigenvalue weighted by Gasteiger charge is -2.53. The maximum Gasteiger partial charge on any atom is 0.416 e. The highest BCUT2D eigenvalue weighted by Gasteiger charge is 2.55. The van der Waals surface area contributed by atoms with Crippen LogP contribution in [0.15, 0.2) is 133 Å². The van der Waals surface area contributed by atoms with Crippen LogP contribution < -0.4 is 18.9 Å². The number of nitrogens with zero attached hydrogens (tertiary/aromatic N) is 4. The van der Waals surface area contributed by atoms with E-state index in [0.29, 0.717) is 23.0 Å². The molecular weight excluding hydrogens is 1200 g/mol. The second kappa shape index (κ2) is 26.1. The number of amides is 4.